The quantitative estimate of drug-likeness (QED) is 0.507. The first-order chi connectivity index (χ1) is 10.3. The van der Waals surface area contributed by atoms with Crippen LogP contribution in [0.25, 0.3) is 0 Å². The van der Waals surface area contributed by atoms with Gasteiger partial charge in [-0.15, -0.1) is 0 Å². The van der Waals surface area contributed by atoms with Gasteiger partial charge in [0.1, 0.15) is 0 Å². The highest BCUT2D eigenvalue weighted by atomic mass is 14.3. The third kappa shape index (κ3) is 5.85. The molecule has 0 bridgehead atoms. The molecule has 2 rings (SSSR count). The standard InChI is InChI=1S/C21H34/c1-3-5-7-19-10-14-21(15-11-19)17-16-20-12-8-18(6-4-2)9-13-20/h10-11,14-15,18,20H,3-9,12-13,16-17H2,1-2H3. The van der Waals surface area contributed by atoms with Crippen molar-refractivity contribution in [1.82, 2.24) is 0 Å². The van der Waals surface area contributed by atoms with Crippen molar-refractivity contribution >= 4 is 0 Å². The summed E-state index contributed by atoms with van der Waals surface area (Å²) in [6, 6.07) is 9.44. The van der Waals surface area contributed by atoms with E-state index in [0.717, 1.165) is 11.8 Å². The fourth-order valence-electron chi connectivity index (χ4n) is 3.84. The first-order valence-electron chi connectivity index (χ1n) is 9.39. The third-order valence-electron chi connectivity index (χ3n) is 5.35. The largest absolute Gasteiger partial charge is 0.0654 e. The van der Waals surface area contributed by atoms with Crippen LogP contribution in [0.2, 0.25) is 0 Å². The van der Waals surface area contributed by atoms with Crippen molar-refractivity contribution in [3.63, 3.8) is 0 Å². The SMILES string of the molecule is CCCCc1ccc(CCC2CCC(CCC)CC2)cc1. The average molecular weight is 287 g/mol. The van der Waals surface area contributed by atoms with Crippen LogP contribution in [0, 0.1) is 11.8 Å². The molecule has 118 valence electrons. The second-order valence-electron chi connectivity index (χ2n) is 7.13. The lowest BCUT2D eigenvalue weighted by atomic mass is 9.78. The zero-order chi connectivity index (χ0) is 14.9. The van der Waals surface area contributed by atoms with E-state index in [1.807, 2.05) is 0 Å². The van der Waals surface area contributed by atoms with Crippen LogP contribution in [0.4, 0.5) is 0 Å². The van der Waals surface area contributed by atoms with Gasteiger partial charge in [-0.3, -0.25) is 0 Å². The van der Waals surface area contributed by atoms with Crippen LogP contribution < -0.4 is 0 Å². The lowest BCUT2D eigenvalue weighted by Gasteiger charge is -2.28. The van der Waals surface area contributed by atoms with Gasteiger partial charge in [0.25, 0.3) is 0 Å². The Balaban J connectivity index is 1.69. The maximum atomic E-state index is 2.37. The van der Waals surface area contributed by atoms with E-state index in [1.165, 1.54) is 76.2 Å². The van der Waals surface area contributed by atoms with Gasteiger partial charge in [0.15, 0.2) is 0 Å². The van der Waals surface area contributed by atoms with E-state index >= 15 is 0 Å². The summed E-state index contributed by atoms with van der Waals surface area (Å²) in [4.78, 5) is 0. The minimum absolute atomic E-state index is 0.998. The number of hydrogen-bond acceptors (Lipinski definition) is 0. The Kier molecular flexibility index (Phi) is 7.33. The van der Waals surface area contributed by atoms with Crippen LogP contribution in [0.1, 0.15) is 82.8 Å². The molecular weight excluding hydrogens is 252 g/mol. The molecule has 0 aliphatic heterocycles. The number of rotatable bonds is 8. The molecule has 0 saturated heterocycles. The fraction of sp³-hybridized carbons (Fsp3) is 0.714. The number of hydrogen-bond donors (Lipinski definition) is 0. The number of aryl methyl sites for hydroxylation is 2. The summed E-state index contributed by atoms with van der Waals surface area (Å²) in [6.07, 6.45) is 15.4. The van der Waals surface area contributed by atoms with E-state index in [1.54, 1.807) is 5.56 Å². The van der Waals surface area contributed by atoms with Gasteiger partial charge in [0.2, 0.25) is 0 Å². The van der Waals surface area contributed by atoms with E-state index in [2.05, 4.69) is 38.1 Å². The highest BCUT2D eigenvalue weighted by molar-refractivity contribution is 5.22. The summed E-state index contributed by atoms with van der Waals surface area (Å²) in [5.74, 6) is 2.04. The maximum Gasteiger partial charge on any atom is -0.0276 e. The van der Waals surface area contributed by atoms with Gasteiger partial charge < -0.3 is 0 Å². The molecule has 1 aliphatic rings. The smallest absolute Gasteiger partial charge is 0.0276 e. The van der Waals surface area contributed by atoms with Gasteiger partial charge >= 0.3 is 0 Å². The van der Waals surface area contributed by atoms with Gasteiger partial charge in [-0.2, -0.15) is 0 Å². The third-order valence-corrected chi connectivity index (χ3v) is 5.35. The van der Waals surface area contributed by atoms with Gasteiger partial charge in [0, 0.05) is 0 Å². The van der Waals surface area contributed by atoms with Crippen LogP contribution in [-0.2, 0) is 12.8 Å². The molecule has 1 saturated carbocycles. The van der Waals surface area contributed by atoms with Crippen molar-refractivity contribution < 1.29 is 0 Å². The van der Waals surface area contributed by atoms with Gasteiger partial charge in [-0.25, -0.2) is 0 Å². The average Bonchev–Trinajstić information content (AvgIpc) is 2.53. The van der Waals surface area contributed by atoms with Crippen molar-refractivity contribution in [3.8, 4) is 0 Å². The molecule has 0 amide bonds. The first-order valence-corrected chi connectivity index (χ1v) is 9.39. The van der Waals surface area contributed by atoms with Crippen LogP contribution in [0.5, 0.6) is 0 Å². The van der Waals surface area contributed by atoms with Gasteiger partial charge in [-0.1, -0.05) is 83.1 Å². The lowest BCUT2D eigenvalue weighted by molar-refractivity contribution is 0.252. The summed E-state index contributed by atoms with van der Waals surface area (Å²) in [5.41, 5.74) is 3.06. The van der Waals surface area contributed by atoms with E-state index < -0.39 is 0 Å². The van der Waals surface area contributed by atoms with Crippen LogP contribution in [0.15, 0.2) is 24.3 Å². The molecule has 0 atom stereocenters. The highest BCUT2D eigenvalue weighted by Crippen LogP contribution is 2.33. The zero-order valence-electron chi connectivity index (χ0n) is 14.2. The van der Waals surface area contributed by atoms with Crippen LogP contribution in [0.3, 0.4) is 0 Å². The Bertz CT molecular complexity index is 368. The van der Waals surface area contributed by atoms with Gasteiger partial charge in [0.05, 0.1) is 0 Å². The summed E-state index contributed by atoms with van der Waals surface area (Å²) in [7, 11) is 0. The molecule has 0 radical (unpaired) electrons. The van der Waals surface area contributed by atoms with Crippen LogP contribution >= 0.6 is 0 Å². The summed E-state index contributed by atoms with van der Waals surface area (Å²) in [6.45, 7) is 4.60. The van der Waals surface area contributed by atoms with Crippen molar-refractivity contribution in [2.24, 2.45) is 11.8 Å². The van der Waals surface area contributed by atoms with Crippen molar-refractivity contribution in [3.05, 3.63) is 35.4 Å². The molecule has 0 nitrogen and oxygen atoms in total. The molecule has 0 heteroatoms. The van der Waals surface area contributed by atoms with E-state index in [9.17, 15) is 0 Å². The molecule has 0 unspecified atom stereocenters. The van der Waals surface area contributed by atoms with Crippen molar-refractivity contribution in [2.45, 2.75) is 84.5 Å². The Morgan fingerprint density at radius 2 is 1.24 bits per heavy atom. The first kappa shape index (κ1) is 16.6. The van der Waals surface area contributed by atoms with E-state index in [0.29, 0.717) is 0 Å². The molecular formula is C21H34. The molecule has 0 N–H and O–H groups in total. The Labute approximate surface area is 132 Å². The van der Waals surface area contributed by atoms with Crippen molar-refractivity contribution in [2.75, 3.05) is 0 Å². The fourth-order valence-corrected chi connectivity index (χ4v) is 3.84. The minimum atomic E-state index is 0.998. The molecule has 21 heavy (non-hydrogen) atoms. The molecule has 1 aromatic carbocycles. The lowest BCUT2D eigenvalue weighted by Crippen LogP contribution is -2.15. The highest BCUT2D eigenvalue weighted by Gasteiger charge is 2.20. The molecule has 1 aromatic rings. The maximum absolute atomic E-state index is 2.37. The molecule has 1 fully saturated rings. The number of unbranched alkanes of at least 4 members (excludes halogenated alkanes) is 1. The second-order valence-corrected chi connectivity index (χ2v) is 7.13. The Morgan fingerprint density at radius 1 is 0.714 bits per heavy atom. The zero-order valence-corrected chi connectivity index (χ0v) is 14.2. The second kappa shape index (κ2) is 9.28. The Hall–Kier alpha value is -0.780. The van der Waals surface area contributed by atoms with E-state index in [4.69, 9.17) is 0 Å². The summed E-state index contributed by atoms with van der Waals surface area (Å²) in [5, 5.41) is 0. The predicted molar refractivity (Wildman–Crippen MR) is 93.7 cm³/mol. The predicted octanol–water partition coefficient (Wildman–Crippen LogP) is 6.57. The minimum Gasteiger partial charge on any atom is -0.0654 e. The molecule has 0 heterocycles. The van der Waals surface area contributed by atoms with Crippen LogP contribution in [-0.4, -0.2) is 0 Å². The van der Waals surface area contributed by atoms with Crippen molar-refractivity contribution in [1.29, 1.82) is 0 Å². The van der Waals surface area contributed by atoms with E-state index in [-0.39, 0.29) is 0 Å². The molecule has 0 aromatic heterocycles. The normalized spacial score (nSPS) is 22.4. The summed E-state index contributed by atoms with van der Waals surface area (Å²) < 4.78 is 0. The molecule has 0 spiro atoms. The Morgan fingerprint density at radius 3 is 1.76 bits per heavy atom. The monoisotopic (exact) mass is 286 g/mol. The topological polar surface area (TPSA) is 0 Å². The number of benzene rings is 1. The molecule has 1 aliphatic carbocycles. The summed E-state index contributed by atoms with van der Waals surface area (Å²) >= 11 is 0. The van der Waals surface area contributed by atoms with Gasteiger partial charge in [-0.05, 0) is 48.6 Å².